The molecule has 0 spiro atoms. The van der Waals surface area contributed by atoms with Crippen molar-refractivity contribution in [3.05, 3.63) is 99.0 Å². The summed E-state index contributed by atoms with van der Waals surface area (Å²) in [4.78, 5) is 58.9. The van der Waals surface area contributed by atoms with Crippen LogP contribution in [-0.2, 0) is 24.6 Å². The monoisotopic (exact) mass is 674 g/mol. The average molecular weight is 676 g/mol. The van der Waals surface area contributed by atoms with Crippen molar-refractivity contribution in [3.63, 3.8) is 0 Å². The second-order valence-electron chi connectivity index (χ2n) is 11.9. The van der Waals surface area contributed by atoms with Gasteiger partial charge >= 0.3 is 0 Å². The maximum atomic E-state index is 15.2. The molecule has 0 aromatic heterocycles. The van der Waals surface area contributed by atoms with Gasteiger partial charge in [0.25, 0.3) is 0 Å². The van der Waals surface area contributed by atoms with Gasteiger partial charge in [0.05, 0.1) is 40.4 Å². The molecule has 6 atom stereocenters. The zero-order valence-corrected chi connectivity index (χ0v) is 26.2. The summed E-state index contributed by atoms with van der Waals surface area (Å²) in [7, 11) is 2.95. The summed E-state index contributed by atoms with van der Waals surface area (Å²) < 4.78 is 5.89. The topological polar surface area (TPSA) is 104 Å². The second kappa shape index (κ2) is 10.3. The van der Waals surface area contributed by atoms with Crippen molar-refractivity contribution in [2.75, 3.05) is 19.1 Å². The Morgan fingerprint density at radius 2 is 1.70 bits per heavy atom. The molecule has 0 unspecified atom stereocenters. The summed E-state index contributed by atoms with van der Waals surface area (Å²) in [6.07, 6.45) is 2.55. The van der Waals surface area contributed by atoms with Gasteiger partial charge < -0.3 is 9.84 Å². The number of benzene rings is 3. The summed E-state index contributed by atoms with van der Waals surface area (Å²) in [5.74, 6) is -4.41. The summed E-state index contributed by atoms with van der Waals surface area (Å²) in [6, 6.07) is 19.4. The highest BCUT2D eigenvalue weighted by atomic mass is 79.9. The van der Waals surface area contributed by atoms with Gasteiger partial charge in [-0.05, 0) is 76.1 Å². The Hall–Kier alpha value is -3.95. The molecule has 2 saturated heterocycles. The number of methoxy groups -OCH3 is 1. The van der Waals surface area contributed by atoms with E-state index in [-0.39, 0.29) is 35.6 Å². The third-order valence-electron chi connectivity index (χ3n) is 9.99. The molecule has 7 rings (SSSR count). The minimum absolute atomic E-state index is 0.0980. The van der Waals surface area contributed by atoms with Crippen LogP contribution in [0, 0.1) is 23.7 Å². The van der Waals surface area contributed by atoms with E-state index in [1.807, 2.05) is 36.4 Å². The van der Waals surface area contributed by atoms with Crippen LogP contribution in [0.5, 0.6) is 11.5 Å². The summed E-state index contributed by atoms with van der Waals surface area (Å²) in [5.41, 5.74) is 1.08. The molecule has 2 aliphatic carbocycles. The van der Waals surface area contributed by atoms with Crippen LogP contribution in [0.25, 0.3) is 0 Å². The van der Waals surface area contributed by atoms with Gasteiger partial charge in [-0.25, -0.2) is 4.90 Å². The third-order valence-corrected chi connectivity index (χ3v) is 10.8. The molecule has 3 fully saturated rings. The van der Waals surface area contributed by atoms with Gasteiger partial charge in [0.2, 0.25) is 23.6 Å². The Bertz CT molecular complexity index is 1790. The molecule has 1 N–H and O–H groups in total. The van der Waals surface area contributed by atoms with Crippen LogP contribution in [0.15, 0.2) is 82.9 Å². The van der Waals surface area contributed by atoms with E-state index in [0.29, 0.717) is 32.7 Å². The highest BCUT2D eigenvalue weighted by molar-refractivity contribution is 9.10. The van der Waals surface area contributed by atoms with Crippen molar-refractivity contribution in [2.24, 2.45) is 23.7 Å². The maximum Gasteiger partial charge on any atom is 0.246 e. The van der Waals surface area contributed by atoms with Gasteiger partial charge in [-0.15, -0.1) is 0 Å². The smallest absolute Gasteiger partial charge is 0.246 e. The van der Waals surface area contributed by atoms with Crippen molar-refractivity contribution < 1.29 is 29.0 Å². The number of nitrogens with zero attached hydrogens (tertiary/aromatic N) is 2. The number of anilines is 1. The Balaban J connectivity index is 1.54. The number of likely N-dealkylation sites (tertiary alicyclic amines) is 1. The molecular weight excluding hydrogens is 648 g/mol. The fourth-order valence-electron chi connectivity index (χ4n) is 8.19. The quantitative estimate of drug-likeness (QED) is 0.285. The number of halogens is 2. The largest absolute Gasteiger partial charge is 0.503 e. The van der Waals surface area contributed by atoms with Crippen molar-refractivity contribution in [1.82, 2.24) is 4.90 Å². The van der Waals surface area contributed by atoms with Crippen molar-refractivity contribution in [3.8, 4) is 11.5 Å². The van der Waals surface area contributed by atoms with Crippen molar-refractivity contribution in [2.45, 2.75) is 24.2 Å². The van der Waals surface area contributed by atoms with E-state index < -0.39 is 40.9 Å². The van der Waals surface area contributed by atoms with Crippen LogP contribution >= 0.6 is 27.5 Å². The molecule has 2 aliphatic heterocycles. The van der Waals surface area contributed by atoms with Crippen LogP contribution in [0.1, 0.15) is 29.9 Å². The van der Waals surface area contributed by atoms with Gasteiger partial charge in [-0.1, -0.05) is 59.6 Å². The van der Waals surface area contributed by atoms with E-state index in [1.165, 1.54) is 24.0 Å². The van der Waals surface area contributed by atoms with Crippen LogP contribution in [-0.4, -0.2) is 47.8 Å². The summed E-state index contributed by atoms with van der Waals surface area (Å²) >= 11 is 9.80. The van der Waals surface area contributed by atoms with Crippen molar-refractivity contribution >= 4 is 56.8 Å². The Kier molecular flexibility index (Phi) is 6.75. The van der Waals surface area contributed by atoms with E-state index in [1.54, 1.807) is 36.4 Å². The molecule has 3 aromatic carbocycles. The first kappa shape index (κ1) is 28.8. The fraction of sp³-hybridized carbons (Fsp3) is 0.294. The lowest BCUT2D eigenvalue weighted by Crippen LogP contribution is -2.53. The number of fused-ring (bicyclic) bond motifs is 4. The number of ether oxygens (including phenoxy) is 1. The molecule has 0 radical (unpaired) electrons. The Morgan fingerprint density at radius 1 is 0.955 bits per heavy atom. The predicted molar refractivity (Wildman–Crippen MR) is 166 cm³/mol. The van der Waals surface area contributed by atoms with Crippen molar-refractivity contribution in [1.29, 1.82) is 0 Å². The molecule has 0 bridgehead atoms. The number of phenolic OH excluding ortho intramolecular Hbond substituents is 1. The van der Waals surface area contributed by atoms with Crippen LogP contribution in [0.2, 0.25) is 5.02 Å². The molecule has 4 aliphatic rings. The van der Waals surface area contributed by atoms with Gasteiger partial charge in [-0.2, -0.15) is 0 Å². The number of rotatable bonds is 4. The lowest BCUT2D eigenvalue weighted by molar-refractivity contribution is -0.138. The van der Waals surface area contributed by atoms with Gasteiger partial charge in [0, 0.05) is 18.0 Å². The van der Waals surface area contributed by atoms with Gasteiger partial charge in [0.1, 0.15) is 0 Å². The second-order valence-corrected chi connectivity index (χ2v) is 13.2. The zero-order valence-electron chi connectivity index (χ0n) is 23.9. The summed E-state index contributed by atoms with van der Waals surface area (Å²) in [6.45, 7) is 0. The average Bonchev–Trinajstić information content (AvgIpc) is 3.39. The number of carbonyl (C=O) groups excluding carboxylic acids is 4. The van der Waals surface area contributed by atoms with Gasteiger partial charge in [-0.3, -0.25) is 24.1 Å². The molecule has 1 saturated carbocycles. The standard InChI is InChI=1S/C34H28BrClN2O6/c1-37-30(40)22-12-11-21-23(27(22)32(37)42)16-24-31(41)38(20-10-6-9-19(36)15-20)33(43)34(24,18-7-4-3-5-8-18)28(21)17-13-25(35)29(39)26(14-17)44-2/h3-11,13-15,22-24,27-28,39H,12,16H2,1-2H3/t22-,23+,24-,27-,28-,34+/m0/s1. The third kappa shape index (κ3) is 3.81. The molecule has 44 heavy (non-hydrogen) atoms. The SMILES string of the molecule is COc1cc([C@H]2C3=CC[C@@H]4C(=O)N(C)C(=O)[C@@H]4[C@@H]3C[C@H]3C(=O)N(c4cccc(Cl)c4)C(=O)[C@@]23c2ccccc2)cc(Br)c1O. The summed E-state index contributed by atoms with van der Waals surface area (Å²) in [5, 5.41) is 11.1. The number of aromatic hydroxyl groups is 1. The first-order valence-electron chi connectivity index (χ1n) is 14.4. The van der Waals surface area contributed by atoms with E-state index in [2.05, 4.69) is 15.9 Å². The number of phenols is 1. The number of amides is 4. The molecule has 10 heteroatoms. The normalized spacial score (nSPS) is 29.4. The fourth-order valence-corrected chi connectivity index (χ4v) is 8.84. The van der Waals surface area contributed by atoms with E-state index in [4.69, 9.17) is 16.3 Å². The Morgan fingerprint density at radius 3 is 2.41 bits per heavy atom. The first-order chi connectivity index (χ1) is 21.1. The number of hydrogen-bond acceptors (Lipinski definition) is 6. The lowest BCUT2D eigenvalue weighted by Gasteiger charge is -2.50. The Labute approximate surface area is 267 Å². The predicted octanol–water partition coefficient (Wildman–Crippen LogP) is 5.61. The van der Waals surface area contributed by atoms with E-state index in [0.717, 1.165) is 5.57 Å². The minimum atomic E-state index is -1.41. The highest BCUT2D eigenvalue weighted by Gasteiger charge is 2.70. The number of carbonyl (C=O) groups is 4. The minimum Gasteiger partial charge on any atom is -0.503 e. The molecule has 8 nitrogen and oxygen atoms in total. The van der Waals surface area contributed by atoms with Crippen LogP contribution in [0.3, 0.4) is 0 Å². The molecule has 224 valence electrons. The molecular formula is C34H28BrClN2O6. The lowest BCUT2D eigenvalue weighted by atomic mass is 9.49. The number of allylic oxidation sites excluding steroid dienone is 2. The van der Waals surface area contributed by atoms with Crippen LogP contribution < -0.4 is 9.64 Å². The van der Waals surface area contributed by atoms with E-state index in [9.17, 15) is 19.5 Å². The molecule has 3 aromatic rings. The van der Waals surface area contributed by atoms with Crippen LogP contribution in [0.4, 0.5) is 5.69 Å². The highest BCUT2D eigenvalue weighted by Crippen LogP contribution is 2.65. The first-order valence-corrected chi connectivity index (χ1v) is 15.6. The van der Waals surface area contributed by atoms with Gasteiger partial charge in [0.15, 0.2) is 11.5 Å². The number of hydrogen-bond donors (Lipinski definition) is 1. The zero-order chi connectivity index (χ0) is 31.1. The maximum absolute atomic E-state index is 15.2. The molecule has 4 amide bonds. The van der Waals surface area contributed by atoms with E-state index >= 15 is 4.79 Å². The molecule has 2 heterocycles. The number of imide groups is 2.